The molecule has 0 spiro atoms. The first-order chi connectivity index (χ1) is 2.41. The summed E-state index contributed by atoms with van der Waals surface area (Å²) < 4.78 is 0. The summed E-state index contributed by atoms with van der Waals surface area (Å²) in [5.74, 6) is 0. The minimum absolute atomic E-state index is 0.733. The third-order valence-electron chi connectivity index (χ3n) is 0.289. The predicted octanol–water partition coefficient (Wildman–Crippen LogP) is -1.27. The van der Waals surface area contributed by atoms with Crippen LogP contribution in [0.4, 0.5) is 0 Å². The zero-order valence-corrected chi connectivity index (χ0v) is 3.62. The zero-order valence-electron chi connectivity index (χ0n) is 3.62. The fourth-order valence-electron chi connectivity index (χ4n) is 0.144. The van der Waals surface area contributed by atoms with Gasteiger partial charge in [-0.05, 0) is 0 Å². The molecule has 0 atom stereocenters. The Morgan fingerprint density at radius 3 is 2.60 bits per heavy atom. The van der Waals surface area contributed by atoms with Crippen LogP contribution in [0.3, 0.4) is 0 Å². The highest BCUT2D eigenvalue weighted by atomic mass is 16.6. The Bertz CT molecular complexity index is 17.1. The first kappa shape index (κ1) is 4.98. The Balaban J connectivity index is 2.19. The maximum absolute atomic E-state index is 4.58. The predicted molar refractivity (Wildman–Crippen MR) is 23.6 cm³/mol. The maximum atomic E-state index is 4.58. The van der Waals surface area contributed by atoms with Crippen LogP contribution in [-0.4, -0.2) is 21.4 Å². The minimum Gasteiger partial charge on any atom is -0.311 e. The highest BCUT2D eigenvalue weighted by Crippen LogP contribution is 1.46. The molecule has 0 aromatic heterocycles. The summed E-state index contributed by atoms with van der Waals surface area (Å²) in [5, 5.41) is 0. The molecule has 0 aromatic rings. The molecule has 0 aliphatic carbocycles. The Hall–Kier alpha value is -0.0151. The average molecular weight is 72.9 g/mol. The number of nitrogens with one attached hydrogen (secondary N) is 1. The third-order valence-corrected chi connectivity index (χ3v) is 0.289. The average Bonchev–Trinajstić information content (AvgIpc) is 1.41. The third kappa shape index (κ3) is 3.98. The normalized spacial score (nSPS) is 8.20. The van der Waals surface area contributed by atoms with E-state index in [9.17, 15) is 0 Å². The highest BCUT2D eigenvalue weighted by Gasteiger charge is 1.62. The molecule has 0 saturated heterocycles. The smallest absolute Gasteiger partial charge is 0.137 e. The van der Waals surface area contributed by atoms with Gasteiger partial charge in [0.2, 0.25) is 0 Å². The minimum atomic E-state index is 0.733. The van der Waals surface area contributed by atoms with Crippen LogP contribution >= 0.6 is 0 Å². The lowest BCUT2D eigenvalue weighted by atomic mass is 10.2. The molecule has 0 aliphatic heterocycles. The quantitative estimate of drug-likeness (QED) is 0.325. The Labute approximate surface area is 32.9 Å². The molecule has 0 aromatic carbocycles. The number of hydrogen-bond acceptors (Lipinski definition) is 2. The number of hydrogen-bond donors (Lipinski definition) is 1. The van der Waals surface area contributed by atoms with Crippen LogP contribution < -0.4 is 5.48 Å². The van der Waals surface area contributed by atoms with E-state index in [1.54, 1.807) is 7.05 Å². The molecule has 0 saturated carbocycles. The van der Waals surface area contributed by atoms with E-state index < -0.39 is 0 Å². The topological polar surface area (TPSA) is 21.3 Å². The fourth-order valence-corrected chi connectivity index (χ4v) is 0.144. The molecule has 0 radical (unpaired) electrons. The second-order valence-electron chi connectivity index (χ2n) is 0.637. The van der Waals surface area contributed by atoms with Gasteiger partial charge in [-0.2, -0.15) is 0 Å². The molecule has 0 rings (SSSR count). The van der Waals surface area contributed by atoms with Gasteiger partial charge in [-0.15, -0.1) is 0 Å². The lowest BCUT2D eigenvalue weighted by Gasteiger charge is -1.88. The van der Waals surface area contributed by atoms with Gasteiger partial charge in [0, 0.05) is 13.6 Å². The molecule has 3 heteroatoms. The summed E-state index contributed by atoms with van der Waals surface area (Å²) in [5.41, 5.74) is 2.52. The van der Waals surface area contributed by atoms with Crippen molar-refractivity contribution in [1.29, 1.82) is 0 Å². The summed E-state index contributed by atoms with van der Waals surface area (Å²) in [6.07, 6.45) is 0. The molecule has 0 unspecified atom stereocenters. The fraction of sp³-hybridized carbons (Fsp3) is 1.00. The van der Waals surface area contributed by atoms with E-state index in [4.69, 9.17) is 0 Å². The Kier molecular flexibility index (Phi) is 3.97. The maximum Gasteiger partial charge on any atom is 0.137 e. The van der Waals surface area contributed by atoms with Crippen LogP contribution in [0, 0.1) is 0 Å². The Morgan fingerprint density at radius 2 is 2.60 bits per heavy atom. The second kappa shape index (κ2) is 3.98. The SMILES string of the molecule is BCONC. The molecule has 0 amide bonds. The van der Waals surface area contributed by atoms with Gasteiger partial charge in [0.15, 0.2) is 0 Å². The molecule has 1 N–H and O–H groups in total. The van der Waals surface area contributed by atoms with Crippen molar-refractivity contribution < 1.29 is 4.84 Å². The van der Waals surface area contributed by atoms with Crippen molar-refractivity contribution in [2.45, 2.75) is 0 Å². The van der Waals surface area contributed by atoms with Crippen LogP contribution in [0.25, 0.3) is 0 Å². The van der Waals surface area contributed by atoms with E-state index in [1.165, 1.54) is 0 Å². The molecular weight excluding hydrogens is 64.8 g/mol. The van der Waals surface area contributed by atoms with Crippen LogP contribution in [0.15, 0.2) is 0 Å². The molecule has 5 heavy (non-hydrogen) atoms. The van der Waals surface area contributed by atoms with Gasteiger partial charge in [-0.3, -0.25) is 0 Å². The van der Waals surface area contributed by atoms with Crippen LogP contribution in [0.1, 0.15) is 0 Å². The Morgan fingerprint density at radius 1 is 2.00 bits per heavy atom. The molecule has 0 bridgehead atoms. The van der Waals surface area contributed by atoms with Crippen molar-refractivity contribution in [1.82, 2.24) is 5.48 Å². The molecule has 0 heterocycles. The van der Waals surface area contributed by atoms with Gasteiger partial charge in [-0.1, -0.05) is 0 Å². The summed E-state index contributed by atoms with van der Waals surface area (Å²) in [4.78, 5) is 4.58. The van der Waals surface area contributed by atoms with Gasteiger partial charge < -0.3 is 4.84 Å². The van der Waals surface area contributed by atoms with Crippen molar-refractivity contribution in [3.63, 3.8) is 0 Å². The van der Waals surface area contributed by atoms with E-state index >= 15 is 0 Å². The van der Waals surface area contributed by atoms with E-state index in [2.05, 4.69) is 10.3 Å². The van der Waals surface area contributed by atoms with Crippen molar-refractivity contribution in [3.8, 4) is 0 Å². The lowest BCUT2D eigenvalue weighted by molar-refractivity contribution is 0.0951. The van der Waals surface area contributed by atoms with Crippen LogP contribution in [0.2, 0.25) is 0 Å². The number of rotatable bonds is 2. The highest BCUT2D eigenvalue weighted by molar-refractivity contribution is 6.08. The van der Waals surface area contributed by atoms with Gasteiger partial charge in [0.1, 0.15) is 7.85 Å². The van der Waals surface area contributed by atoms with Gasteiger partial charge in [-0.25, -0.2) is 5.48 Å². The van der Waals surface area contributed by atoms with Crippen LogP contribution in [0.5, 0.6) is 0 Å². The van der Waals surface area contributed by atoms with E-state index in [0.29, 0.717) is 0 Å². The van der Waals surface area contributed by atoms with Gasteiger partial charge in [0.25, 0.3) is 0 Å². The van der Waals surface area contributed by atoms with Gasteiger partial charge >= 0.3 is 0 Å². The van der Waals surface area contributed by atoms with Crippen molar-refractivity contribution in [2.24, 2.45) is 0 Å². The molecule has 30 valence electrons. The molecule has 2 nitrogen and oxygen atoms in total. The van der Waals surface area contributed by atoms with Crippen LogP contribution in [-0.2, 0) is 4.84 Å². The summed E-state index contributed by atoms with van der Waals surface area (Å²) in [6, 6.07) is 0. The van der Waals surface area contributed by atoms with Crippen molar-refractivity contribution in [2.75, 3.05) is 13.6 Å². The first-order valence-electron chi connectivity index (χ1n) is 1.70. The molecule has 0 aliphatic rings. The molecular formula is C2H8BNO. The standard InChI is InChI=1S/C2H8BNO/c1-4-5-2-3/h4H,2-3H2,1H3. The van der Waals surface area contributed by atoms with E-state index in [1.807, 2.05) is 7.85 Å². The second-order valence-corrected chi connectivity index (χ2v) is 0.637. The summed E-state index contributed by atoms with van der Waals surface area (Å²) in [7, 11) is 3.67. The van der Waals surface area contributed by atoms with E-state index in [0.717, 1.165) is 6.51 Å². The zero-order chi connectivity index (χ0) is 4.12. The molecule has 0 fully saturated rings. The summed E-state index contributed by atoms with van der Waals surface area (Å²) >= 11 is 0. The largest absolute Gasteiger partial charge is 0.311 e. The number of hydroxylamine groups is 1. The first-order valence-corrected chi connectivity index (χ1v) is 1.70. The van der Waals surface area contributed by atoms with Crippen molar-refractivity contribution in [3.05, 3.63) is 0 Å². The monoisotopic (exact) mass is 73.1 g/mol. The van der Waals surface area contributed by atoms with Crippen molar-refractivity contribution >= 4 is 7.85 Å². The summed E-state index contributed by atoms with van der Waals surface area (Å²) in [6.45, 7) is 0.733. The lowest BCUT2D eigenvalue weighted by Crippen LogP contribution is -2.07. The van der Waals surface area contributed by atoms with E-state index in [-0.39, 0.29) is 0 Å². The van der Waals surface area contributed by atoms with Gasteiger partial charge in [0.05, 0.1) is 0 Å².